The van der Waals surface area contributed by atoms with Crippen molar-refractivity contribution in [1.29, 1.82) is 0 Å². The highest BCUT2D eigenvalue weighted by molar-refractivity contribution is 14.0. The van der Waals surface area contributed by atoms with Crippen molar-refractivity contribution in [3.63, 3.8) is 0 Å². The fourth-order valence-electron chi connectivity index (χ4n) is 1.14. The molecule has 0 aliphatic heterocycles. The minimum atomic E-state index is 0. The maximum absolute atomic E-state index is 4.19. The molecule has 0 aromatic rings. The molecule has 1 atom stereocenters. The first-order valence-corrected chi connectivity index (χ1v) is 6.18. The summed E-state index contributed by atoms with van der Waals surface area (Å²) in [5.41, 5.74) is 0. The van der Waals surface area contributed by atoms with Gasteiger partial charge in [0.2, 0.25) is 0 Å². The van der Waals surface area contributed by atoms with Crippen LogP contribution >= 0.6 is 24.0 Å². The quantitative estimate of drug-likeness (QED) is 0.434. The Kier molecular flexibility index (Phi) is 12.6. The number of nitrogens with one attached hydrogen (secondary N) is 2. The molecule has 0 aromatic heterocycles. The van der Waals surface area contributed by atoms with Gasteiger partial charge in [0.1, 0.15) is 0 Å². The maximum Gasteiger partial charge on any atom is 0.191 e. The van der Waals surface area contributed by atoms with Gasteiger partial charge in [-0.25, -0.2) is 0 Å². The summed E-state index contributed by atoms with van der Waals surface area (Å²) in [5, 5.41) is 6.66. The molecule has 17 heavy (non-hydrogen) atoms. The van der Waals surface area contributed by atoms with Crippen LogP contribution in [0, 0.1) is 0 Å². The maximum atomic E-state index is 4.19. The summed E-state index contributed by atoms with van der Waals surface area (Å²) in [4.78, 5) is 6.50. The highest BCUT2D eigenvalue weighted by Crippen LogP contribution is 1.91. The first-order chi connectivity index (χ1) is 7.51. The molecule has 0 fully saturated rings. The van der Waals surface area contributed by atoms with Crippen LogP contribution in [0.15, 0.2) is 4.99 Å². The number of likely N-dealkylation sites (N-methyl/N-ethyl adjacent to an activating group) is 1. The minimum Gasteiger partial charge on any atom is -0.355 e. The fraction of sp³-hybridized carbons (Fsp3) is 0.917. The van der Waals surface area contributed by atoms with Crippen LogP contribution in [0.25, 0.3) is 0 Å². The molecule has 5 heteroatoms. The highest BCUT2D eigenvalue weighted by Gasteiger charge is 2.04. The molecule has 0 amide bonds. The summed E-state index contributed by atoms with van der Waals surface area (Å²) in [5.74, 6) is 0.895. The average Bonchev–Trinajstić information content (AvgIpc) is 2.26. The summed E-state index contributed by atoms with van der Waals surface area (Å²) in [7, 11) is 3.95. The third-order valence-corrected chi connectivity index (χ3v) is 2.86. The van der Waals surface area contributed by atoms with Crippen LogP contribution in [0.4, 0.5) is 0 Å². The van der Waals surface area contributed by atoms with Gasteiger partial charge in [-0.3, -0.25) is 4.99 Å². The second kappa shape index (κ2) is 11.1. The summed E-state index contributed by atoms with van der Waals surface area (Å²) < 4.78 is 0. The van der Waals surface area contributed by atoms with Crippen molar-refractivity contribution in [3.8, 4) is 0 Å². The Morgan fingerprint density at radius 2 is 1.88 bits per heavy atom. The molecule has 2 N–H and O–H groups in total. The molecule has 0 saturated carbocycles. The molecule has 0 aliphatic rings. The molecule has 0 rings (SSSR count). The van der Waals surface area contributed by atoms with E-state index in [9.17, 15) is 0 Å². The van der Waals surface area contributed by atoms with Gasteiger partial charge in [0, 0.05) is 32.2 Å². The van der Waals surface area contributed by atoms with Gasteiger partial charge in [0.25, 0.3) is 0 Å². The molecule has 0 aliphatic carbocycles. The van der Waals surface area contributed by atoms with Gasteiger partial charge in [-0.15, -0.1) is 24.0 Å². The lowest BCUT2D eigenvalue weighted by Crippen LogP contribution is -2.44. The highest BCUT2D eigenvalue weighted by atomic mass is 127. The zero-order chi connectivity index (χ0) is 12.6. The van der Waals surface area contributed by atoms with E-state index in [1.54, 1.807) is 0 Å². The van der Waals surface area contributed by atoms with Gasteiger partial charge in [-0.1, -0.05) is 6.92 Å². The van der Waals surface area contributed by atoms with Crippen LogP contribution in [0.3, 0.4) is 0 Å². The number of rotatable bonds is 6. The molecule has 0 aromatic carbocycles. The van der Waals surface area contributed by atoms with Crippen molar-refractivity contribution < 1.29 is 0 Å². The Morgan fingerprint density at radius 1 is 1.29 bits per heavy atom. The Bertz CT molecular complexity index is 207. The minimum absolute atomic E-state index is 0. The molecule has 4 nitrogen and oxygen atoms in total. The summed E-state index contributed by atoms with van der Waals surface area (Å²) in [6.07, 6.45) is 1.10. The van der Waals surface area contributed by atoms with Crippen LogP contribution in [0.1, 0.15) is 34.1 Å². The summed E-state index contributed by atoms with van der Waals surface area (Å²) in [6, 6.07) is 1.06. The number of nitrogens with zero attached hydrogens (tertiary/aromatic N) is 2. The average molecular weight is 356 g/mol. The van der Waals surface area contributed by atoms with Crippen LogP contribution in [-0.4, -0.2) is 50.1 Å². The van der Waals surface area contributed by atoms with Crippen LogP contribution in [0.2, 0.25) is 0 Å². The Hall–Kier alpha value is -0.0400. The molecule has 0 heterocycles. The van der Waals surface area contributed by atoms with E-state index in [1.807, 2.05) is 7.05 Å². The van der Waals surface area contributed by atoms with Crippen molar-refractivity contribution in [3.05, 3.63) is 0 Å². The Balaban J connectivity index is 0. The lowest BCUT2D eigenvalue weighted by molar-refractivity contribution is 0.278. The van der Waals surface area contributed by atoms with E-state index in [0.29, 0.717) is 12.1 Å². The van der Waals surface area contributed by atoms with Gasteiger partial charge in [0.05, 0.1) is 0 Å². The third-order valence-electron chi connectivity index (χ3n) is 2.86. The first kappa shape index (κ1) is 19.3. The van der Waals surface area contributed by atoms with Crippen LogP contribution < -0.4 is 10.6 Å². The second-order valence-electron chi connectivity index (χ2n) is 4.53. The predicted molar refractivity (Wildman–Crippen MR) is 87.4 cm³/mol. The fourth-order valence-corrected chi connectivity index (χ4v) is 1.14. The van der Waals surface area contributed by atoms with Gasteiger partial charge >= 0.3 is 0 Å². The normalized spacial score (nSPS) is 13.5. The van der Waals surface area contributed by atoms with Gasteiger partial charge in [-0.2, -0.15) is 0 Å². The van der Waals surface area contributed by atoms with Crippen molar-refractivity contribution in [2.24, 2.45) is 4.99 Å². The molecular weight excluding hydrogens is 327 g/mol. The zero-order valence-corrected chi connectivity index (χ0v) is 14.4. The van der Waals surface area contributed by atoms with Crippen molar-refractivity contribution in [2.45, 2.75) is 46.2 Å². The number of hydrogen-bond acceptors (Lipinski definition) is 2. The smallest absolute Gasteiger partial charge is 0.191 e. The van der Waals surface area contributed by atoms with Crippen molar-refractivity contribution in [1.82, 2.24) is 15.5 Å². The third kappa shape index (κ3) is 9.64. The lowest BCUT2D eigenvalue weighted by Gasteiger charge is -2.22. The first-order valence-electron chi connectivity index (χ1n) is 6.18. The zero-order valence-electron chi connectivity index (χ0n) is 12.1. The molecule has 0 radical (unpaired) electrons. The van der Waals surface area contributed by atoms with E-state index >= 15 is 0 Å². The van der Waals surface area contributed by atoms with Crippen molar-refractivity contribution in [2.75, 3.05) is 27.2 Å². The SMILES string of the molecule is CCC(C)NC(=NC)NCCN(C)C(C)C.I. The van der Waals surface area contributed by atoms with E-state index in [-0.39, 0.29) is 24.0 Å². The van der Waals surface area contributed by atoms with Crippen molar-refractivity contribution >= 4 is 29.9 Å². The van der Waals surface area contributed by atoms with E-state index in [1.165, 1.54) is 0 Å². The Labute approximate surface area is 124 Å². The number of aliphatic imine (C=N–C) groups is 1. The molecule has 1 unspecified atom stereocenters. The van der Waals surface area contributed by atoms with Gasteiger partial charge < -0.3 is 15.5 Å². The van der Waals surface area contributed by atoms with E-state index < -0.39 is 0 Å². The molecule has 0 bridgehead atoms. The second-order valence-corrected chi connectivity index (χ2v) is 4.53. The van der Waals surface area contributed by atoms with Gasteiger partial charge in [-0.05, 0) is 34.2 Å². The Morgan fingerprint density at radius 3 is 2.29 bits per heavy atom. The van der Waals surface area contributed by atoms with E-state index in [0.717, 1.165) is 25.5 Å². The number of guanidine groups is 1. The lowest BCUT2D eigenvalue weighted by atomic mass is 10.3. The van der Waals surface area contributed by atoms with E-state index in [2.05, 4.69) is 55.3 Å². The number of halogens is 1. The summed E-state index contributed by atoms with van der Waals surface area (Å²) in [6.45, 7) is 10.7. The molecule has 0 saturated heterocycles. The standard InChI is InChI=1S/C12H28N4.HI/c1-7-11(4)15-12(13-5)14-8-9-16(6)10(2)3;/h10-11H,7-9H2,1-6H3,(H2,13,14,15);1H. The van der Waals surface area contributed by atoms with Gasteiger partial charge in [0.15, 0.2) is 5.96 Å². The largest absolute Gasteiger partial charge is 0.355 e. The molecule has 104 valence electrons. The van der Waals surface area contributed by atoms with Crippen LogP contribution in [-0.2, 0) is 0 Å². The molecular formula is C12H29IN4. The predicted octanol–water partition coefficient (Wildman–Crippen LogP) is 1.91. The number of hydrogen-bond donors (Lipinski definition) is 2. The van der Waals surface area contributed by atoms with E-state index in [4.69, 9.17) is 0 Å². The summed E-state index contributed by atoms with van der Waals surface area (Å²) >= 11 is 0. The monoisotopic (exact) mass is 356 g/mol. The van der Waals surface area contributed by atoms with Crippen LogP contribution in [0.5, 0.6) is 0 Å². The molecule has 0 spiro atoms. The topological polar surface area (TPSA) is 39.7 Å².